The maximum Gasteiger partial charge on any atom is 0.334 e. The fourth-order valence-electron chi connectivity index (χ4n) is 3.20. The molecule has 1 aliphatic rings. The molecular weight excluding hydrogens is 284 g/mol. The van der Waals surface area contributed by atoms with Crippen LogP contribution in [0.3, 0.4) is 0 Å². The maximum absolute atomic E-state index is 12.1. The first kappa shape index (κ1) is 15.1. The van der Waals surface area contributed by atoms with Gasteiger partial charge in [0.1, 0.15) is 0 Å². The van der Waals surface area contributed by atoms with E-state index >= 15 is 0 Å². The lowest BCUT2D eigenvalue weighted by atomic mass is 9.82. The molecule has 0 aromatic heterocycles. The Balaban J connectivity index is 2.16. The van der Waals surface area contributed by atoms with Gasteiger partial charge in [-0.05, 0) is 36.1 Å². The van der Waals surface area contributed by atoms with E-state index in [4.69, 9.17) is 11.2 Å². The van der Waals surface area contributed by atoms with Crippen molar-refractivity contribution >= 4 is 5.97 Å². The van der Waals surface area contributed by atoms with Gasteiger partial charge in [-0.1, -0.05) is 61.0 Å². The highest BCUT2D eigenvalue weighted by atomic mass is 16.6. The van der Waals surface area contributed by atoms with E-state index in [1.807, 2.05) is 36.4 Å². The summed E-state index contributed by atoms with van der Waals surface area (Å²) in [5.74, 6) is 2.05. The van der Waals surface area contributed by atoms with Gasteiger partial charge >= 0.3 is 5.97 Å². The zero-order valence-corrected chi connectivity index (χ0v) is 13.3. The van der Waals surface area contributed by atoms with Crippen molar-refractivity contribution in [2.24, 2.45) is 0 Å². The number of benzene rings is 2. The normalized spacial score (nSPS) is 15.0. The van der Waals surface area contributed by atoms with Crippen LogP contribution in [0, 0.1) is 12.3 Å². The van der Waals surface area contributed by atoms with Gasteiger partial charge in [0, 0.05) is 5.57 Å². The molecular formula is C21H18O2. The summed E-state index contributed by atoms with van der Waals surface area (Å²) < 4.78 is 5.67. The van der Waals surface area contributed by atoms with Gasteiger partial charge in [-0.15, -0.1) is 6.42 Å². The largest absolute Gasteiger partial charge is 0.442 e. The van der Waals surface area contributed by atoms with Crippen molar-refractivity contribution in [2.75, 3.05) is 0 Å². The summed E-state index contributed by atoms with van der Waals surface area (Å²) in [6.45, 7) is 7.06. The lowest BCUT2D eigenvalue weighted by Gasteiger charge is -2.31. The summed E-state index contributed by atoms with van der Waals surface area (Å²) in [6.07, 6.45) is 5.79. The molecule has 0 amide bonds. The Hall–Kier alpha value is -2.79. The monoisotopic (exact) mass is 302 g/mol. The molecule has 0 saturated heterocycles. The Morgan fingerprint density at radius 3 is 2.04 bits per heavy atom. The minimum Gasteiger partial charge on any atom is -0.442 e. The Kier molecular flexibility index (Phi) is 3.58. The van der Waals surface area contributed by atoms with Gasteiger partial charge in [0.05, 0.1) is 5.92 Å². The third kappa shape index (κ3) is 2.35. The van der Waals surface area contributed by atoms with E-state index in [1.165, 1.54) is 0 Å². The van der Waals surface area contributed by atoms with Crippen molar-refractivity contribution in [1.29, 1.82) is 0 Å². The highest BCUT2D eigenvalue weighted by molar-refractivity contribution is 5.88. The molecule has 114 valence electrons. The Morgan fingerprint density at radius 2 is 1.61 bits per heavy atom. The maximum atomic E-state index is 12.1. The van der Waals surface area contributed by atoms with Crippen LogP contribution in [0.15, 0.2) is 60.7 Å². The molecule has 1 unspecified atom stereocenters. The van der Waals surface area contributed by atoms with Crippen LogP contribution in [-0.2, 0) is 9.53 Å². The summed E-state index contributed by atoms with van der Waals surface area (Å²) in [5.41, 5.74) is 3.72. The molecule has 2 aromatic rings. The molecule has 0 heterocycles. The van der Waals surface area contributed by atoms with Gasteiger partial charge in [-0.2, -0.15) is 0 Å². The molecule has 1 aliphatic carbocycles. The number of ether oxygens (including phenoxy) is 1. The van der Waals surface area contributed by atoms with Gasteiger partial charge in [-0.3, -0.25) is 0 Å². The summed E-state index contributed by atoms with van der Waals surface area (Å²) >= 11 is 0. The molecule has 2 nitrogen and oxygen atoms in total. The fraction of sp³-hybridized carbons (Fsp3) is 0.190. The average molecular weight is 302 g/mol. The van der Waals surface area contributed by atoms with Crippen molar-refractivity contribution in [3.63, 3.8) is 0 Å². The molecule has 0 saturated carbocycles. The van der Waals surface area contributed by atoms with Gasteiger partial charge < -0.3 is 4.74 Å². The van der Waals surface area contributed by atoms with Gasteiger partial charge in [0.2, 0.25) is 0 Å². The second kappa shape index (κ2) is 5.44. The number of esters is 1. The molecule has 0 N–H and O–H groups in total. The van der Waals surface area contributed by atoms with Crippen LogP contribution in [0.1, 0.15) is 30.9 Å². The van der Waals surface area contributed by atoms with Crippen molar-refractivity contribution in [3.8, 4) is 23.5 Å². The van der Waals surface area contributed by atoms with Crippen molar-refractivity contribution in [2.45, 2.75) is 25.4 Å². The number of hydrogen-bond acceptors (Lipinski definition) is 2. The van der Waals surface area contributed by atoms with E-state index in [1.54, 1.807) is 13.8 Å². The van der Waals surface area contributed by atoms with Crippen molar-refractivity contribution < 1.29 is 9.53 Å². The molecule has 23 heavy (non-hydrogen) atoms. The van der Waals surface area contributed by atoms with Crippen LogP contribution in [0.5, 0.6) is 0 Å². The number of carbonyl (C=O) groups is 1. The van der Waals surface area contributed by atoms with Gasteiger partial charge in [-0.25, -0.2) is 4.79 Å². The molecule has 0 fully saturated rings. The number of hydrogen-bond donors (Lipinski definition) is 0. The quantitative estimate of drug-likeness (QED) is 0.480. The predicted octanol–water partition coefficient (Wildman–Crippen LogP) is 4.31. The third-order valence-corrected chi connectivity index (χ3v) is 4.32. The summed E-state index contributed by atoms with van der Waals surface area (Å²) in [6, 6.07) is 16.2. The summed E-state index contributed by atoms with van der Waals surface area (Å²) in [7, 11) is 0. The molecule has 2 heteroatoms. The van der Waals surface area contributed by atoms with Crippen LogP contribution in [0.4, 0.5) is 0 Å². The lowest BCUT2D eigenvalue weighted by molar-refractivity contribution is -0.149. The smallest absolute Gasteiger partial charge is 0.334 e. The van der Waals surface area contributed by atoms with Crippen LogP contribution in [0.2, 0.25) is 0 Å². The first-order valence-corrected chi connectivity index (χ1v) is 7.53. The zero-order valence-electron chi connectivity index (χ0n) is 13.3. The Bertz CT molecular complexity index is 795. The first-order valence-electron chi connectivity index (χ1n) is 7.53. The topological polar surface area (TPSA) is 26.3 Å². The van der Waals surface area contributed by atoms with E-state index in [9.17, 15) is 4.79 Å². The minimum atomic E-state index is -1.07. The fourth-order valence-corrected chi connectivity index (χ4v) is 3.20. The number of rotatable bonds is 3. The highest BCUT2D eigenvalue weighted by Gasteiger charge is 2.44. The highest BCUT2D eigenvalue weighted by Crippen LogP contribution is 2.50. The van der Waals surface area contributed by atoms with Crippen LogP contribution in [-0.4, -0.2) is 11.6 Å². The van der Waals surface area contributed by atoms with Crippen LogP contribution >= 0.6 is 0 Å². The summed E-state index contributed by atoms with van der Waals surface area (Å²) in [4.78, 5) is 12.1. The van der Waals surface area contributed by atoms with E-state index < -0.39 is 11.6 Å². The summed E-state index contributed by atoms with van der Waals surface area (Å²) in [5, 5.41) is 0. The first-order chi connectivity index (χ1) is 11.0. The van der Waals surface area contributed by atoms with Gasteiger partial charge in [0.25, 0.3) is 0 Å². The number of carbonyl (C=O) groups excluding carboxylic acids is 1. The average Bonchev–Trinajstić information content (AvgIpc) is 2.89. The molecule has 0 radical (unpaired) electrons. The predicted molar refractivity (Wildman–Crippen MR) is 91.9 cm³/mol. The molecule has 2 aromatic carbocycles. The van der Waals surface area contributed by atoms with Crippen LogP contribution < -0.4 is 0 Å². The molecule has 3 rings (SSSR count). The SMILES string of the molecule is C#CC(C)(OC(=O)C(=C)C)C1c2ccccc2-c2ccccc21. The third-order valence-electron chi connectivity index (χ3n) is 4.32. The lowest BCUT2D eigenvalue weighted by Crippen LogP contribution is -2.37. The van der Waals surface area contributed by atoms with Crippen molar-refractivity contribution in [1.82, 2.24) is 0 Å². The van der Waals surface area contributed by atoms with Crippen molar-refractivity contribution in [3.05, 3.63) is 71.8 Å². The zero-order chi connectivity index (χ0) is 16.6. The molecule has 0 spiro atoms. The minimum absolute atomic E-state index is 0.191. The van der Waals surface area contributed by atoms with Crippen LogP contribution in [0.25, 0.3) is 11.1 Å². The second-order valence-corrected chi connectivity index (χ2v) is 6.03. The van der Waals surface area contributed by atoms with E-state index in [-0.39, 0.29) is 5.92 Å². The molecule has 1 atom stereocenters. The van der Waals surface area contributed by atoms with E-state index in [2.05, 4.69) is 24.6 Å². The Labute approximate surface area is 136 Å². The molecule has 0 aliphatic heterocycles. The molecule has 0 bridgehead atoms. The second-order valence-electron chi connectivity index (χ2n) is 6.03. The Morgan fingerprint density at radius 1 is 1.13 bits per heavy atom. The van der Waals surface area contributed by atoms with E-state index in [0.717, 1.165) is 22.3 Å². The van der Waals surface area contributed by atoms with Gasteiger partial charge in [0.15, 0.2) is 5.60 Å². The number of terminal acetylenes is 1. The standard InChI is InChI=1S/C21H18O2/c1-5-21(4,23-20(22)14(2)3)19-17-12-8-6-10-15(17)16-11-7-9-13-18(16)19/h1,6-13,19H,2H2,3-4H3. The van der Waals surface area contributed by atoms with E-state index in [0.29, 0.717) is 5.57 Å². The number of fused-ring (bicyclic) bond motifs is 3.